The fourth-order valence-electron chi connectivity index (χ4n) is 11.2. The first-order valence-electron chi connectivity index (χ1n) is 32.6. The number of carbonyl (C=O) groups excluding carboxylic acids is 3. The normalized spacial score (nSPS) is 14.8. The number of halogens is 6. The number of fused-ring (bicyclic) bond motifs is 2. The number of rotatable bonds is 20. The minimum absolute atomic E-state index is 0.0534. The number of benzene rings is 2. The van der Waals surface area contributed by atoms with Gasteiger partial charge in [-0.15, -0.1) is 0 Å². The number of carboxylic acids is 2. The van der Waals surface area contributed by atoms with Gasteiger partial charge in [-0.25, -0.2) is 53.9 Å². The molecule has 0 saturated carbocycles. The molecule has 2 saturated heterocycles. The largest absolute Gasteiger partial charge is 0.490 e. The number of esters is 1. The number of ether oxygens (including phenoxy) is 3. The summed E-state index contributed by atoms with van der Waals surface area (Å²) in [5.74, 6) is 1.32. The molecule has 0 spiro atoms. The van der Waals surface area contributed by atoms with E-state index >= 15 is 0 Å². The second kappa shape index (κ2) is 39.3. The standard InChI is InChI=1S/C34H45N7O4.C30H37N7O4.C2HF3O2.CHF3.CH2O2/c1-5-26-30(36-20-28(32(42)45-34(2,3)4)40-33(43)44-21-23-10-7-6-8-11-23)37-22-38-31(26)41-18-15-24(16-19-41)27-14-13-25-12-9-17-35-29(25)39-27;1-2-23-27(32-17-25(29(38)39)36-30(40)41-18-20-7-4-3-5-8-20)33-19-34-28(23)37-15-12-21(13-16-37)24-11-10-22-9-6-14-31-26(22)35-24;3-2(4,5)1(6)7;2-1(3)4;2-1-3/h6-8,10-11,13-14,22,24,28H,5,9,12,15-21H2,1-4H3,(H,35,39)(H,40,43)(H,36,37,38);3-5,7-8,10-11,19,21,25H,2,6,9,12-18H2,1H3,(H,31,35)(H,36,40)(H,38,39)(H,32,33,34);(H,6,7);1H;1H,(H,2,3). The summed E-state index contributed by atoms with van der Waals surface area (Å²) < 4.78 is 76.9. The van der Waals surface area contributed by atoms with Crippen LogP contribution in [0.3, 0.4) is 0 Å². The van der Waals surface area contributed by atoms with Crippen LogP contribution in [0, 0.1) is 0 Å². The van der Waals surface area contributed by atoms with Crippen LogP contribution in [0.15, 0.2) is 97.6 Å². The number of alkyl carbamates (subject to hydrolysis) is 2. The highest BCUT2D eigenvalue weighted by Gasteiger charge is 2.38. The molecule has 2 unspecified atom stereocenters. The molecule has 26 nitrogen and oxygen atoms in total. The summed E-state index contributed by atoms with van der Waals surface area (Å²) >= 11 is 0. The zero-order chi connectivity index (χ0) is 72.8. The van der Waals surface area contributed by atoms with E-state index in [1.807, 2.05) is 67.6 Å². The number of pyridine rings is 2. The summed E-state index contributed by atoms with van der Waals surface area (Å²) in [7, 11) is 0. The molecule has 9 N–H and O–H groups in total. The molecule has 4 aromatic heterocycles. The van der Waals surface area contributed by atoms with Gasteiger partial charge >= 0.3 is 42.9 Å². The van der Waals surface area contributed by atoms with Crippen molar-refractivity contribution in [3.63, 3.8) is 0 Å². The first kappa shape index (κ1) is 78.7. The van der Waals surface area contributed by atoms with Crippen LogP contribution in [0.1, 0.15) is 130 Å². The highest BCUT2D eigenvalue weighted by molar-refractivity contribution is 5.83. The molecular formula is C68H86F6N14O12. The van der Waals surface area contributed by atoms with Crippen LogP contribution in [-0.4, -0.2) is 165 Å². The van der Waals surface area contributed by atoms with Crippen molar-refractivity contribution in [2.75, 3.05) is 83.4 Å². The summed E-state index contributed by atoms with van der Waals surface area (Å²) in [4.78, 5) is 99.8. The maximum Gasteiger partial charge on any atom is 0.490 e. The van der Waals surface area contributed by atoms with Gasteiger partial charge in [0.1, 0.15) is 78.5 Å². The summed E-state index contributed by atoms with van der Waals surface area (Å²) in [5, 5.41) is 42.1. The second-order valence-electron chi connectivity index (χ2n) is 24.1. The minimum atomic E-state index is -5.08. The molecule has 0 bridgehead atoms. The van der Waals surface area contributed by atoms with Gasteiger partial charge in [0.2, 0.25) is 0 Å². The summed E-state index contributed by atoms with van der Waals surface area (Å²) in [5.41, 5.74) is 7.73. The third kappa shape index (κ3) is 25.5. The number of carbonyl (C=O) groups is 6. The Bertz CT molecular complexity index is 3580. The third-order valence-electron chi connectivity index (χ3n) is 16.0. The molecule has 4 aliphatic rings. The SMILES string of the molecule is CCc1c(NCC(NC(=O)OCc2ccccc2)C(=O)O)ncnc1N1CCC(c2ccc3c(n2)NCCC3)CC1.CCc1c(NCC(NC(=O)OCc2ccccc2)C(=O)OC(C)(C)C)ncnc1N1CCC(c2ccc3c(n2)NCCC3)CC1.FC(F)F.O=C(O)C(F)(F)F.O=CO. The molecule has 2 amide bonds. The lowest BCUT2D eigenvalue weighted by atomic mass is 9.92. The maximum absolute atomic E-state index is 13.1. The Morgan fingerprint density at radius 2 is 1.00 bits per heavy atom. The second-order valence-corrected chi connectivity index (χ2v) is 24.1. The fraction of sp³-hybridized carbons (Fsp3) is 0.471. The van der Waals surface area contributed by atoms with E-state index in [1.54, 1.807) is 27.1 Å². The van der Waals surface area contributed by atoms with Crippen molar-refractivity contribution in [3.05, 3.63) is 142 Å². The lowest BCUT2D eigenvalue weighted by Crippen LogP contribution is -2.48. The van der Waals surface area contributed by atoms with Gasteiger partial charge in [0.05, 0.1) is 0 Å². The Labute approximate surface area is 574 Å². The van der Waals surface area contributed by atoms with Gasteiger partial charge in [-0.1, -0.05) is 86.6 Å². The quantitative estimate of drug-likeness (QED) is 0.0148. The smallest absolute Gasteiger partial charge is 0.483 e. The van der Waals surface area contributed by atoms with Gasteiger partial charge < -0.3 is 71.2 Å². The van der Waals surface area contributed by atoms with Gasteiger partial charge in [0.15, 0.2) is 0 Å². The van der Waals surface area contributed by atoms with Crippen molar-refractivity contribution in [1.29, 1.82) is 0 Å². The van der Waals surface area contributed by atoms with Crippen molar-refractivity contribution in [2.24, 2.45) is 0 Å². The molecule has 2 aromatic carbocycles. The Balaban J connectivity index is 0.000000266. The monoisotopic (exact) mass is 1400 g/mol. The third-order valence-corrected chi connectivity index (χ3v) is 16.0. The molecule has 0 aliphatic carbocycles. The zero-order valence-corrected chi connectivity index (χ0v) is 56.2. The van der Waals surface area contributed by atoms with E-state index in [-0.39, 0.29) is 32.8 Å². The number of carboxylic acid groups (broad SMARTS) is 3. The highest BCUT2D eigenvalue weighted by Crippen LogP contribution is 2.36. The molecule has 4 aliphatic heterocycles. The lowest BCUT2D eigenvalue weighted by molar-refractivity contribution is -0.192. The number of hydrogen-bond acceptors (Lipinski definition) is 21. The van der Waals surface area contributed by atoms with Crippen molar-refractivity contribution in [3.8, 4) is 0 Å². The zero-order valence-electron chi connectivity index (χ0n) is 56.2. The summed E-state index contributed by atoms with van der Waals surface area (Å²) in [6.07, 6.45) is 6.20. The number of aromatic nitrogens is 6. The van der Waals surface area contributed by atoms with E-state index in [1.165, 1.54) is 17.5 Å². The summed E-state index contributed by atoms with van der Waals surface area (Å²) in [6.45, 7) is 11.1. The van der Waals surface area contributed by atoms with E-state index in [4.69, 9.17) is 44.0 Å². The first-order chi connectivity index (χ1) is 47.8. The van der Waals surface area contributed by atoms with Crippen molar-refractivity contribution >= 4 is 71.5 Å². The van der Waals surface area contributed by atoms with Crippen LogP contribution in [0.2, 0.25) is 0 Å². The van der Waals surface area contributed by atoms with Crippen molar-refractivity contribution in [2.45, 2.75) is 154 Å². The van der Waals surface area contributed by atoms with Crippen LogP contribution < -0.4 is 41.7 Å². The molecule has 2 atom stereocenters. The number of piperidine rings is 2. The average Bonchev–Trinajstić information content (AvgIpc) is 0.811. The van der Waals surface area contributed by atoms with E-state index in [9.17, 15) is 50.6 Å². The predicted molar refractivity (Wildman–Crippen MR) is 360 cm³/mol. The molecule has 2 fully saturated rings. The molecule has 100 heavy (non-hydrogen) atoms. The Morgan fingerprint density at radius 1 is 0.620 bits per heavy atom. The number of aliphatic carboxylic acids is 2. The number of hydrogen-bond donors (Lipinski definition) is 9. The fourth-order valence-corrected chi connectivity index (χ4v) is 11.2. The molecule has 8 heterocycles. The van der Waals surface area contributed by atoms with Gasteiger partial charge in [-0.2, -0.15) is 26.3 Å². The summed E-state index contributed by atoms with van der Waals surface area (Å²) in [6, 6.07) is 25.2. The number of alkyl halides is 6. The van der Waals surface area contributed by atoms with Crippen LogP contribution in [0.4, 0.5) is 70.8 Å². The van der Waals surface area contributed by atoms with E-state index in [0.717, 1.165) is 148 Å². The van der Waals surface area contributed by atoms with Crippen molar-refractivity contribution < 1.29 is 84.6 Å². The molecule has 0 radical (unpaired) electrons. The molecule has 542 valence electrons. The van der Waals surface area contributed by atoms with Crippen LogP contribution in [0.5, 0.6) is 0 Å². The number of aryl methyl sites for hydroxylation is 2. The highest BCUT2D eigenvalue weighted by atomic mass is 19.4. The van der Waals surface area contributed by atoms with Gasteiger partial charge in [0, 0.05) is 86.7 Å². The Kier molecular flexibility index (Phi) is 31.0. The number of nitrogens with one attached hydrogen (secondary N) is 6. The minimum Gasteiger partial charge on any atom is -0.483 e. The molecule has 10 rings (SSSR count). The molecule has 6 aromatic rings. The van der Waals surface area contributed by atoms with Gasteiger partial charge in [0.25, 0.3) is 6.47 Å². The predicted octanol–water partition coefficient (Wildman–Crippen LogP) is 10.7. The van der Waals surface area contributed by atoms with Crippen LogP contribution in [-0.2, 0) is 72.3 Å². The molecule has 32 heteroatoms. The van der Waals surface area contributed by atoms with E-state index < -0.39 is 60.6 Å². The Morgan fingerprint density at radius 3 is 1.36 bits per heavy atom. The van der Waals surface area contributed by atoms with E-state index in [2.05, 4.69) is 92.8 Å². The number of anilines is 6. The topological polar surface area (TPSA) is 347 Å². The average molecular weight is 1410 g/mol. The Hall–Kier alpha value is -10.3. The molecular weight excluding hydrogens is 1320 g/mol. The first-order valence-corrected chi connectivity index (χ1v) is 32.6. The van der Waals surface area contributed by atoms with Gasteiger partial charge in [-0.05, 0) is 119 Å². The van der Waals surface area contributed by atoms with Crippen LogP contribution >= 0.6 is 0 Å². The van der Waals surface area contributed by atoms with Crippen molar-refractivity contribution in [1.82, 2.24) is 40.5 Å². The lowest BCUT2D eigenvalue weighted by Gasteiger charge is -2.34. The van der Waals surface area contributed by atoms with E-state index in [0.29, 0.717) is 36.3 Å². The maximum atomic E-state index is 13.1. The van der Waals surface area contributed by atoms with Crippen LogP contribution in [0.25, 0.3) is 0 Å². The number of amides is 2. The van der Waals surface area contributed by atoms with Gasteiger partial charge in [-0.3, -0.25) is 4.79 Å². The number of nitrogens with zero attached hydrogens (tertiary/aromatic N) is 8.